The maximum Gasteiger partial charge on any atom is 0.189 e. The lowest BCUT2D eigenvalue weighted by Gasteiger charge is -2.29. The number of nitrogens with two attached hydrogens (primary N) is 1. The topological polar surface area (TPSA) is 66.5 Å². The molecule has 0 saturated carbocycles. The van der Waals surface area contributed by atoms with E-state index in [1.165, 1.54) is 19.3 Å². The highest BCUT2D eigenvalue weighted by Gasteiger charge is 2.15. The van der Waals surface area contributed by atoms with E-state index in [0.717, 1.165) is 24.5 Å². The Morgan fingerprint density at radius 3 is 3.00 bits per heavy atom. The fourth-order valence-corrected chi connectivity index (χ4v) is 2.35. The zero-order chi connectivity index (χ0) is 14.2. The predicted molar refractivity (Wildman–Crippen MR) is 83.8 cm³/mol. The minimum atomic E-state index is 0.443. The first kappa shape index (κ1) is 14.4. The lowest BCUT2D eigenvalue weighted by atomic mass is 10.1. The molecule has 5 heteroatoms. The van der Waals surface area contributed by atoms with E-state index in [-0.39, 0.29) is 0 Å². The number of piperidine rings is 1. The van der Waals surface area contributed by atoms with Crippen LogP contribution < -0.4 is 16.0 Å². The van der Waals surface area contributed by atoms with Crippen molar-refractivity contribution < 1.29 is 0 Å². The van der Waals surface area contributed by atoms with Gasteiger partial charge in [-0.25, -0.2) is 9.98 Å². The van der Waals surface area contributed by atoms with Crippen molar-refractivity contribution in [1.82, 2.24) is 10.3 Å². The third-order valence-corrected chi connectivity index (χ3v) is 3.37. The molecule has 20 heavy (non-hydrogen) atoms. The van der Waals surface area contributed by atoms with Crippen molar-refractivity contribution in [3.8, 4) is 0 Å². The molecule has 1 aromatic rings. The Hall–Kier alpha value is -2.04. The molecule has 0 spiro atoms. The van der Waals surface area contributed by atoms with Gasteiger partial charge in [0.15, 0.2) is 5.96 Å². The molecule has 2 heterocycles. The number of nitrogens with one attached hydrogen (secondary N) is 1. The highest BCUT2D eigenvalue weighted by Crippen LogP contribution is 2.22. The van der Waals surface area contributed by atoms with Crippen LogP contribution in [0.2, 0.25) is 0 Å². The van der Waals surface area contributed by atoms with Crippen LogP contribution >= 0.6 is 0 Å². The van der Waals surface area contributed by atoms with E-state index < -0.39 is 0 Å². The van der Waals surface area contributed by atoms with Crippen LogP contribution in [0.3, 0.4) is 0 Å². The van der Waals surface area contributed by atoms with Gasteiger partial charge in [-0.3, -0.25) is 0 Å². The fourth-order valence-electron chi connectivity index (χ4n) is 2.35. The van der Waals surface area contributed by atoms with Gasteiger partial charge in [-0.15, -0.1) is 6.58 Å². The molecule has 1 fully saturated rings. The summed E-state index contributed by atoms with van der Waals surface area (Å²) in [6, 6.07) is 4.02. The van der Waals surface area contributed by atoms with Crippen LogP contribution in [0, 0.1) is 0 Å². The van der Waals surface area contributed by atoms with E-state index in [2.05, 4.69) is 32.8 Å². The summed E-state index contributed by atoms with van der Waals surface area (Å²) < 4.78 is 0. The van der Waals surface area contributed by atoms with Gasteiger partial charge in [0, 0.05) is 31.4 Å². The normalized spacial score (nSPS) is 16.0. The Morgan fingerprint density at radius 1 is 1.45 bits per heavy atom. The largest absolute Gasteiger partial charge is 0.370 e. The number of guanidine groups is 1. The first-order valence-electron chi connectivity index (χ1n) is 7.15. The average molecular weight is 273 g/mol. The van der Waals surface area contributed by atoms with Gasteiger partial charge in [-0.2, -0.15) is 0 Å². The number of anilines is 1. The minimum Gasteiger partial charge on any atom is -0.370 e. The maximum atomic E-state index is 5.79. The first-order chi connectivity index (χ1) is 9.81. The van der Waals surface area contributed by atoms with E-state index in [9.17, 15) is 0 Å². The Bertz CT molecular complexity index is 463. The van der Waals surface area contributed by atoms with Gasteiger partial charge < -0.3 is 16.0 Å². The molecular weight excluding hydrogens is 250 g/mol. The van der Waals surface area contributed by atoms with Crippen LogP contribution in [-0.2, 0) is 6.54 Å². The molecule has 1 aliphatic heterocycles. The first-order valence-corrected chi connectivity index (χ1v) is 7.15. The van der Waals surface area contributed by atoms with Crippen molar-refractivity contribution in [3.05, 3.63) is 36.5 Å². The molecule has 0 amide bonds. The van der Waals surface area contributed by atoms with Crippen LogP contribution in [-0.4, -0.2) is 30.6 Å². The lowest BCUT2D eigenvalue weighted by Crippen LogP contribution is -2.32. The number of rotatable bonds is 5. The highest BCUT2D eigenvalue weighted by atomic mass is 15.2. The molecule has 1 aromatic heterocycles. The SMILES string of the molecule is C=CCNC(N)=NCc1cccnc1N1CCCCC1. The van der Waals surface area contributed by atoms with Crippen LogP contribution in [0.4, 0.5) is 5.82 Å². The van der Waals surface area contributed by atoms with Crippen LogP contribution in [0.5, 0.6) is 0 Å². The number of nitrogens with zero attached hydrogens (tertiary/aromatic N) is 3. The van der Waals surface area contributed by atoms with Gasteiger partial charge in [0.25, 0.3) is 0 Å². The summed E-state index contributed by atoms with van der Waals surface area (Å²) in [5.74, 6) is 1.49. The second-order valence-corrected chi connectivity index (χ2v) is 4.90. The smallest absolute Gasteiger partial charge is 0.189 e. The van der Waals surface area contributed by atoms with Gasteiger partial charge in [0.2, 0.25) is 0 Å². The zero-order valence-corrected chi connectivity index (χ0v) is 11.9. The van der Waals surface area contributed by atoms with Gasteiger partial charge in [0.1, 0.15) is 5.82 Å². The van der Waals surface area contributed by atoms with Crippen molar-refractivity contribution in [2.45, 2.75) is 25.8 Å². The summed E-state index contributed by atoms with van der Waals surface area (Å²) in [6.45, 7) is 6.98. The average Bonchev–Trinajstić information content (AvgIpc) is 2.52. The van der Waals surface area contributed by atoms with Crippen molar-refractivity contribution in [3.63, 3.8) is 0 Å². The molecule has 0 aromatic carbocycles. The van der Waals surface area contributed by atoms with E-state index in [4.69, 9.17) is 5.73 Å². The van der Waals surface area contributed by atoms with Crippen LogP contribution in [0.15, 0.2) is 36.0 Å². The van der Waals surface area contributed by atoms with E-state index in [1.807, 2.05) is 12.3 Å². The molecule has 108 valence electrons. The molecule has 0 aliphatic carbocycles. The number of aliphatic imine (C=N–C) groups is 1. The molecule has 5 nitrogen and oxygen atoms in total. The molecule has 1 aliphatic rings. The second kappa shape index (κ2) is 7.53. The molecule has 0 atom stereocenters. The van der Waals surface area contributed by atoms with Crippen molar-refractivity contribution in [2.75, 3.05) is 24.5 Å². The van der Waals surface area contributed by atoms with Gasteiger partial charge in [0.05, 0.1) is 6.54 Å². The van der Waals surface area contributed by atoms with Gasteiger partial charge in [-0.05, 0) is 25.3 Å². The molecule has 0 unspecified atom stereocenters. The third kappa shape index (κ3) is 3.98. The fraction of sp³-hybridized carbons (Fsp3) is 0.467. The summed E-state index contributed by atoms with van der Waals surface area (Å²) in [7, 11) is 0. The summed E-state index contributed by atoms with van der Waals surface area (Å²) in [6.07, 6.45) is 7.39. The number of hydrogen-bond acceptors (Lipinski definition) is 3. The molecule has 2 rings (SSSR count). The quantitative estimate of drug-likeness (QED) is 0.486. The Morgan fingerprint density at radius 2 is 2.25 bits per heavy atom. The molecule has 3 N–H and O–H groups in total. The zero-order valence-electron chi connectivity index (χ0n) is 11.9. The maximum absolute atomic E-state index is 5.79. The highest BCUT2D eigenvalue weighted by molar-refractivity contribution is 5.78. The number of aromatic nitrogens is 1. The minimum absolute atomic E-state index is 0.443. The van der Waals surface area contributed by atoms with Crippen LogP contribution in [0.25, 0.3) is 0 Å². The summed E-state index contributed by atoms with van der Waals surface area (Å²) >= 11 is 0. The predicted octanol–water partition coefficient (Wildman–Crippen LogP) is 1.66. The van der Waals surface area contributed by atoms with Gasteiger partial charge in [-0.1, -0.05) is 12.1 Å². The summed E-state index contributed by atoms with van der Waals surface area (Å²) in [5, 5.41) is 2.98. The standard InChI is InChI=1S/C15H23N5/c1-2-8-18-15(16)19-12-13-7-6-9-17-14(13)20-10-4-3-5-11-20/h2,6-7,9H,1,3-5,8,10-12H2,(H3,16,18,19). The molecule has 1 saturated heterocycles. The van der Waals surface area contributed by atoms with Gasteiger partial charge >= 0.3 is 0 Å². The molecule has 0 bridgehead atoms. The molecule has 0 radical (unpaired) electrons. The second-order valence-electron chi connectivity index (χ2n) is 4.90. The van der Waals surface area contributed by atoms with Crippen LogP contribution in [0.1, 0.15) is 24.8 Å². The third-order valence-electron chi connectivity index (χ3n) is 3.37. The van der Waals surface area contributed by atoms with E-state index >= 15 is 0 Å². The number of pyridine rings is 1. The monoisotopic (exact) mass is 273 g/mol. The molecular formula is C15H23N5. The summed E-state index contributed by atoms with van der Waals surface area (Å²) in [5.41, 5.74) is 6.92. The van der Waals surface area contributed by atoms with Crippen molar-refractivity contribution in [1.29, 1.82) is 0 Å². The Labute approximate surface area is 120 Å². The summed E-state index contributed by atoms with van der Waals surface area (Å²) in [4.78, 5) is 11.2. The lowest BCUT2D eigenvalue weighted by molar-refractivity contribution is 0.571. The Balaban J connectivity index is 2.05. The van der Waals surface area contributed by atoms with E-state index in [1.54, 1.807) is 6.08 Å². The van der Waals surface area contributed by atoms with E-state index in [0.29, 0.717) is 19.0 Å². The van der Waals surface area contributed by atoms with Crippen molar-refractivity contribution in [2.24, 2.45) is 10.7 Å². The van der Waals surface area contributed by atoms with Crippen molar-refractivity contribution >= 4 is 11.8 Å². The Kier molecular flexibility index (Phi) is 5.41. The number of hydrogen-bond donors (Lipinski definition) is 2.